The van der Waals surface area contributed by atoms with E-state index >= 15 is 0 Å². The molecule has 0 aromatic carbocycles. The minimum Gasteiger partial charge on any atom is -0.476 e. The van der Waals surface area contributed by atoms with Crippen LogP contribution in [-0.4, -0.2) is 36.2 Å². The summed E-state index contributed by atoms with van der Waals surface area (Å²) in [6, 6.07) is 0. The Morgan fingerprint density at radius 2 is 2.17 bits per heavy atom. The van der Waals surface area contributed by atoms with Gasteiger partial charge < -0.3 is 9.63 Å². The van der Waals surface area contributed by atoms with E-state index in [4.69, 9.17) is 9.63 Å². The zero-order valence-electron chi connectivity index (χ0n) is 10.1. The summed E-state index contributed by atoms with van der Waals surface area (Å²) in [6.07, 6.45) is 1.18. The molecule has 8 nitrogen and oxygen atoms in total. The van der Waals surface area contributed by atoms with Crippen molar-refractivity contribution in [1.29, 1.82) is 0 Å². The van der Waals surface area contributed by atoms with Crippen molar-refractivity contribution in [2.75, 3.05) is 0 Å². The minimum absolute atomic E-state index is 0.0308. The standard InChI is InChI=1S/C10H13N5O3/c1-3-6-9(10(16)17)12-14-15(6)5-7-11-8(4-2)18-13-7/h3-5H2,1-2H3,(H,16,17). The molecule has 0 aliphatic carbocycles. The second-order valence-corrected chi connectivity index (χ2v) is 3.66. The van der Waals surface area contributed by atoms with E-state index in [1.807, 2.05) is 13.8 Å². The van der Waals surface area contributed by atoms with Gasteiger partial charge in [-0.15, -0.1) is 5.10 Å². The van der Waals surface area contributed by atoms with Crippen LogP contribution < -0.4 is 0 Å². The molecule has 2 aromatic heterocycles. The molecular formula is C10H13N5O3. The van der Waals surface area contributed by atoms with Gasteiger partial charge in [0.2, 0.25) is 5.89 Å². The Balaban J connectivity index is 2.26. The Hall–Kier alpha value is -2.25. The number of hydrogen-bond donors (Lipinski definition) is 1. The fraction of sp³-hybridized carbons (Fsp3) is 0.500. The Morgan fingerprint density at radius 3 is 2.72 bits per heavy atom. The van der Waals surface area contributed by atoms with Crippen LogP contribution >= 0.6 is 0 Å². The zero-order chi connectivity index (χ0) is 13.1. The summed E-state index contributed by atoms with van der Waals surface area (Å²) >= 11 is 0. The molecule has 2 rings (SSSR count). The second-order valence-electron chi connectivity index (χ2n) is 3.66. The average Bonchev–Trinajstić information content (AvgIpc) is 2.95. The van der Waals surface area contributed by atoms with Crippen molar-refractivity contribution in [1.82, 2.24) is 25.1 Å². The van der Waals surface area contributed by atoms with Crippen molar-refractivity contribution < 1.29 is 14.4 Å². The number of rotatable bonds is 5. The monoisotopic (exact) mass is 251 g/mol. The number of aromatic carboxylic acids is 1. The van der Waals surface area contributed by atoms with Crippen LogP contribution in [0.1, 0.15) is 41.7 Å². The highest BCUT2D eigenvalue weighted by Crippen LogP contribution is 2.08. The maximum Gasteiger partial charge on any atom is 0.358 e. The van der Waals surface area contributed by atoms with E-state index in [1.54, 1.807) is 0 Å². The molecule has 18 heavy (non-hydrogen) atoms. The van der Waals surface area contributed by atoms with Gasteiger partial charge in [-0.2, -0.15) is 4.98 Å². The molecule has 0 bridgehead atoms. The number of aryl methyl sites for hydroxylation is 1. The largest absolute Gasteiger partial charge is 0.476 e. The van der Waals surface area contributed by atoms with Gasteiger partial charge in [-0.25, -0.2) is 9.48 Å². The lowest BCUT2D eigenvalue weighted by Gasteiger charge is -2.00. The molecule has 0 spiro atoms. The molecule has 0 aliphatic rings. The zero-order valence-corrected chi connectivity index (χ0v) is 10.1. The van der Waals surface area contributed by atoms with E-state index in [2.05, 4.69) is 20.5 Å². The van der Waals surface area contributed by atoms with Crippen LogP contribution in [0.25, 0.3) is 0 Å². The molecule has 0 saturated carbocycles. The quantitative estimate of drug-likeness (QED) is 0.825. The normalized spacial score (nSPS) is 10.8. The maximum atomic E-state index is 10.9. The van der Waals surface area contributed by atoms with Crippen LogP contribution in [0.5, 0.6) is 0 Å². The SMILES string of the molecule is CCc1nc(Cn2nnc(C(=O)O)c2CC)no1. The molecule has 0 fully saturated rings. The lowest BCUT2D eigenvalue weighted by atomic mass is 10.2. The first kappa shape index (κ1) is 12.2. The Morgan fingerprint density at radius 1 is 1.39 bits per heavy atom. The van der Waals surface area contributed by atoms with Gasteiger partial charge in [0, 0.05) is 6.42 Å². The van der Waals surface area contributed by atoms with E-state index in [9.17, 15) is 4.79 Å². The molecule has 2 heterocycles. The molecular weight excluding hydrogens is 238 g/mol. The number of carboxylic acid groups (broad SMARTS) is 1. The predicted octanol–water partition coefficient (Wildman–Crippen LogP) is 0.532. The minimum atomic E-state index is -1.08. The Bertz CT molecular complexity index is 560. The molecule has 2 aromatic rings. The summed E-state index contributed by atoms with van der Waals surface area (Å²) in [6.45, 7) is 4.01. The third-order valence-corrected chi connectivity index (χ3v) is 2.48. The molecule has 0 saturated heterocycles. The highest BCUT2D eigenvalue weighted by molar-refractivity contribution is 5.86. The fourth-order valence-electron chi connectivity index (χ4n) is 1.61. The van der Waals surface area contributed by atoms with Crippen molar-refractivity contribution in [3.05, 3.63) is 23.1 Å². The third-order valence-electron chi connectivity index (χ3n) is 2.48. The van der Waals surface area contributed by atoms with Crippen molar-refractivity contribution in [2.24, 2.45) is 0 Å². The number of hydrogen-bond acceptors (Lipinski definition) is 6. The van der Waals surface area contributed by atoms with E-state index in [1.165, 1.54) is 4.68 Å². The van der Waals surface area contributed by atoms with Crippen LogP contribution in [0, 0.1) is 0 Å². The molecule has 8 heteroatoms. The van der Waals surface area contributed by atoms with Gasteiger partial charge in [-0.05, 0) is 6.42 Å². The van der Waals surface area contributed by atoms with Crippen molar-refractivity contribution in [2.45, 2.75) is 33.2 Å². The summed E-state index contributed by atoms with van der Waals surface area (Å²) in [5, 5.41) is 20.2. The smallest absolute Gasteiger partial charge is 0.358 e. The summed E-state index contributed by atoms with van der Waals surface area (Å²) in [5.41, 5.74) is 0.516. The summed E-state index contributed by atoms with van der Waals surface area (Å²) in [5.74, 6) is -0.0783. The summed E-state index contributed by atoms with van der Waals surface area (Å²) in [7, 11) is 0. The summed E-state index contributed by atoms with van der Waals surface area (Å²) < 4.78 is 6.45. The van der Waals surface area contributed by atoms with Crippen LogP contribution in [0.15, 0.2) is 4.52 Å². The second kappa shape index (κ2) is 4.94. The lowest BCUT2D eigenvalue weighted by Crippen LogP contribution is -2.09. The van der Waals surface area contributed by atoms with Crippen LogP contribution in [0.2, 0.25) is 0 Å². The van der Waals surface area contributed by atoms with E-state index in [0.29, 0.717) is 30.3 Å². The first-order valence-corrected chi connectivity index (χ1v) is 5.62. The average molecular weight is 251 g/mol. The number of carboxylic acids is 1. The van der Waals surface area contributed by atoms with E-state index in [0.717, 1.165) is 0 Å². The summed E-state index contributed by atoms with van der Waals surface area (Å²) in [4.78, 5) is 15.1. The first-order valence-electron chi connectivity index (χ1n) is 5.62. The first-order chi connectivity index (χ1) is 8.65. The van der Waals surface area contributed by atoms with Gasteiger partial charge in [0.05, 0.1) is 5.69 Å². The van der Waals surface area contributed by atoms with E-state index < -0.39 is 5.97 Å². The van der Waals surface area contributed by atoms with Gasteiger partial charge in [0.1, 0.15) is 6.54 Å². The molecule has 0 radical (unpaired) electrons. The van der Waals surface area contributed by atoms with Gasteiger partial charge in [0.15, 0.2) is 11.5 Å². The molecule has 0 unspecified atom stereocenters. The third kappa shape index (κ3) is 2.22. The number of aromatic nitrogens is 5. The predicted molar refractivity (Wildman–Crippen MR) is 59.1 cm³/mol. The molecule has 0 aliphatic heterocycles. The van der Waals surface area contributed by atoms with Gasteiger partial charge in [0.25, 0.3) is 0 Å². The van der Waals surface area contributed by atoms with E-state index in [-0.39, 0.29) is 12.2 Å². The van der Waals surface area contributed by atoms with Gasteiger partial charge in [-0.1, -0.05) is 24.2 Å². The van der Waals surface area contributed by atoms with Crippen LogP contribution in [0.3, 0.4) is 0 Å². The van der Waals surface area contributed by atoms with Crippen LogP contribution in [0.4, 0.5) is 0 Å². The number of carbonyl (C=O) groups is 1. The van der Waals surface area contributed by atoms with Crippen molar-refractivity contribution in [3.8, 4) is 0 Å². The topological polar surface area (TPSA) is 107 Å². The molecule has 0 atom stereocenters. The van der Waals surface area contributed by atoms with Crippen LogP contribution in [-0.2, 0) is 19.4 Å². The van der Waals surface area contributed by atoms with Crippen molar-refractivity contribution >= 4 is 5.97 Å². The molecule has 0 amide bonds. The van der Waals surface area contributed by atoms with Gasteiger partial charge >= 0.3 is 5.97 Å². The molecule has 96 valence electrons. The Kier molecular flexibility index (Phi) is 3.35. The lowest BCUT2D eigenvalue weighted by molar-refractivity contribution is 0.0689. The number of nitrogens with zero attached hydrogens (tertiary/aromatic N) is 5. The highest BCUT2D eigenvalue weighted by atomic mass is 16.5. The van der Waals surface area contributed by atoms with Crippen molar-refractivity contribution in [3.63, 3.8) is 0 Å². The maximum absolute atomic E-state index is 10.9. The molecule has 1 N–H and O–H groups in total. The van der Waals surface area contributed by atoms with Gasteiger partial charge in [-0.3, -0.25) is 0 Å². The fourth-order valence-corrected chi connectivity index (χ4v) is 1.61. The highest BCUT2D eigenvalue weighted by Gasteiger charge is 2.18. The Labute approximate surface area is 103 Å².